The van der Waals surface area contributed by atoms with E-state index in [1.165, 1.54) is 19.3 Å². The zero-order valence-corrected chi connectivity index (χ0v) is 7.85. The lowest BCUT2D eigenvalue weighted by Gasteiger charge is -2.17. The molecule has 0 aliphatic carbocycles. The van der Waals surface area contributed by atoms with Crippen LogP contribution in [0.5, 0.6) is 0 Å². The minimum atomic E-state index is 0.830. The first-order valence-corrected chi connectivity index (χ1v) is 4.55. The van der Waals surface area contributed by atoms with Crippen LogP contribution >= 0.6 is 0 Å². The van der Waals surface area contributed by atoms with Crippen molar-refractivity contribution in [2.24, 2.45) is 11.8 Å². The standard InChI is InChI=1S/C10H21/c1-5-7-8-10(6-2)9(3)4/h8-10H,5-7H2,1-4H3. The third-order valence-electron chi connectivity index (χ3n) is 2.09. The van der Waals surface area contributed by atoms with Crippen molar-refractivity contribution in [2.45, 2.75) is 47.0 Å². The fraction of sp³-hybridized carbons (Fsp3) is 0.900. The highest BCUT2D eigenvalue weighted by atomic mass is 14.1. The molecule has 0 N–H and O–H groups in total. The molecule has 1 radical (unpaired) electrons. The third kappa shape index (κ3) is 3.92. The van der Waals surface area contributed by atoms with Gasteiger partial charge in [-0.05, 0) is 18.3 Å². The van der Waals surface area contributed by atoms with Crippen LogP contribution < -0.4 is 0 Å². The summed E-state index contributed by atoms with van der Waals surface area (Å²) in [4.78, 5) is 0. The largest absolute Gasteiger partial charge is 0.0654 e. The van der Waals surface area contributed by atoms with E-state index < -0.39 is 0 Å². The average molecular weight is 141 g/mol. The van der Waals surface area contributed by atoms with Gasteiger partial charge in [0.2, 0.25) is 0 Å². The van der Waals surface area contributed by atoms with E-state index >= 15 is 0 Å². The molecule has 0 aliphatic rings. The molecule has 0 bridgehead atoms. The fourth-order valence-corrected chi connectivity index (χ4v) is 1.29. The molecule has 10 heavy (non-hydrogen) atoms. The van der Waals surface area contributed by atoms with Gasteiger partial charge in [-0.2, -0.15) is 0 Å². The Balaban J connectivity index is 3.40. The lowest BCUT2D eigenvalue weighted by atomic mass is 9.89. The fourth-order valence-electron chi connectivity index (χ4n) is 1.29. The molecule has 0 saturated carbocycles. The molecule has 0 rings (SSSR count). The number of hydrogen-bond donors (Lipinski definition) is 0. The van der Waals surface area contributed by atoms with Crippen LogP contribution in [0.4, 0.5) is 0 Å². The van der Waals surface area contributed by atoms with Crippen molar-refractivity contribution in [2.75, 3.05) is 0 Å². The summed E-state index contributed by atoms with van der Waals surface area (Å²) in [5, 5.41) is 0. The zero-order chi connectivity index (χ0) is 7.98. The van der Waals surface area contributed by atoms with Crippen LogP contribution in [0.1, 0.15) is 47.0 Å². The minimum absolute atomic E-state index is 0.830. The minimum Gasteiger partial charge on any atom is -0.0654 e. The molecule has 0 aromatic rings. The second kappa shape index (κ2) is 5.76. The topological polar surface area (TPSA) is 0 Å². The normalized spacial score (nSPS) is 14.1. The van der Waals surface area contributed by atoms with E-state index in [4.69, 9.17) is 0 Å². The molecular weight excluding hydrogens is 120 g/mol. The number of rotatable bonds is 5. The van der Waals surface area contributed by atoms with Crippen molar-refractivity contribution in [1.29, 1.82) is 0 Å². The van der Waals surface area contributed by atoms with Crippen LogP contribution in [0.15, 0.2) is 0 Å². The van der Waals surface area contributed by atoms with Crippen molar-refractivity contribution in [3.63, 3.8) is 0 Å². The SMILES string of the molecule is CCC[CH]C(CC)C(C)C. The highest BCUT2D eigenvalue weighted by Crippen LogP contribution is 2.19. The molecule has 0 aliphatic heterocycles. The first-order valence-electron chi connectivity index (χ1n) is 4.55. The molecule has 0 aromatic carbocycles. The van der Waals surface area contributed by atoms with E-state index in [0.29, 0.717) is 0 Å². The Labute approximate surface area is 66.0 Å². The van der Waals surface area contributed by atoms with Crippen LogP contribution in [0, 0.1) is 18.3 Å². The Bertz CT molecular complexity index is 64.4. The Morgan fingerprint density at radius 3 is 2.10 bits per heavy atom. The maximum absolute atomic E-state index is 2.48. The van der Waals surface area contributed by atoms with E-state index in [1.54, 1.807) is 0 Å². The second-order valence-corrected chi connectivity index (χ2v) is 3.34. The van der Waals surface area contributed by atoms with Crippen molar-refractivity contribution in [1.82, 2.24) is 0 Å². The van der Waals surface area contributed by atoms with E-state index in [9.17, 15) is 0 Å². The monoisotopic (exact) mass is 141 g/mol. The van der Waals surface area contributed by atoms with Gasteiger partial charge < -0.3 is 0 Å². The van der Waals surface area contributed by atoms with Crippen LogP contribution in [0.2, 0.25) is 0 Å². The summed E-state index contributed by atoms with van der Waals surface area (Å²) in [6.45, 7) is 9.13. The van der Waals surface area contributed by atoms with Gasteiger partial charge in [0.25, 0.3) is 0 Å². The van der Waals surface area contributed by atoms with E-state index in [-0.39, 0.29) is 0 Å². The lowest BCUT2D eigenvalue weighted by Crippen LogP contribution is -2.07. The predicted octanol–water partition coefficient (Wildman–Crippen LogP) is 3.67. The molecule has 1 unspecified atom stereocenters. The molecule has 0 nitrogen and oxygen atoms in total. The summed E-state index contributed by atoms with van der Waals surface area (Å²) < 4.78 is 0. The van der Waals surface area contributed by atoms with Crippen LogP contribution in [-0.4, -0.2) is 0 Å². The van der Waals surface area contributed by atoms with E-state index in [0.717, 1.165) is 11.8 Å². The van der Waals surface area contributed by atoms with Gasteiger partial charge in [-0.15, -0.1) is 0 Å². The molecule has 0 saturated heterocycles. The van der Waals surface area contributed by atoms with E-state index in [2.05, 4.69) is 34.1 Å². The number of unbranched alkanes of at least 4 members (excludes halogenated alkanes) is 1. The number of hydrogen-bond acceptors (Lipinski definition) is 0. The first-order chi connectivity index (χ1) is 4.72. The van der Waals surface area contributed by atoms with E-state index in [1.807, 2.05) is 0 Å². The summed E-state index contributed by atoms with van der Waals surface area (Å²) >= 11 is 0. The lowest BCUT2D eigenvalue weighted by molar-refractivity contribution is 0.412. The van der Waals surface area contributed by atoms with Gasteiger partial charge in [-0.3, -0.25) is 0 Å². The van der Waals surface area contributed by atoms with Crippen molar-refractivity contribution < 1.29 is 0 Å². The highest BCUT2D eigenvalue weighted by Gasteiger charge is 2.09. The van der Waals surface area contributed by atoms with Gasteiger partial charge in [0, 0.05) is 0 Å². The average Bonchev–Trinajstić information content (AvgIpc) is 1.89. The predicted molar refractivity (Wildman–Crippen MR) is 47.8 cm³/mol. The molecule has 0 heterocycles. The molecule has 1 atom stereocenters. The molecule has 0 spiro atoms. The summed E-state index contributed by atoms with van der Waals surface area (Å²) in [7, 11) is 0. The van der Waals surface area contributed by atoms with Gasteiger partial charge in [-0.25, -0.2) is 0 Å². The maximum atomic E-state index is 2.48. The van der Waals surface area contributed by atoms with Crippen LogP contribution in [0.3, 0.4) is 0 Å². The van der Waals surface area contributed by atoms with Crippen molar-refractivity contribution in [3.05, 3.63) is 6.42 Å². The highest BCUT2D eigenvalue weighted by molar-refractivity contribution is 4.76. The second-order valence-electron chi connectivity index (χ2n) is 3.34. The quantitative estimate of drug-likeness (QED) is 0.548. The zero-order valence-electron chi connectivity index (χ0n) is 7.85. The van der Waals surface area contributed by atoms with Gasteiger partial charge >= 0.3 is 0 Å². The smallest absolute Gasteiger partial charge is 0.0352 e. The van der Waals surface area contributed by atoms with Crippen molar-refractivity contribution >= 4 is 0 Å². The molecule has 0 aromatic heterocycles. The molecule has 0 heteroatoms. The Hall–Kier alpha value is 0. The summed E-state index contributed by atoms with van der Waals surface area (Å²) in [6.07, 6.45) is 6.36. The third-order valence-corrected chi connectivity index (χ3v) is 2.09. The Morgan fingerprint density at radius 2 is 1.80 bits per heavy atom. The maximum Gasteiger partial charge on any atom is -0.0352 e. The molecule has 0 fully saturated rings. The Morgan fingerprint density at radius 1 is 1.20 bits per heavy atom. The summed E-state index contributed by atoms with van der Waals surface area (Å²) in [5.74, 6) is 1.68. The molecule has 0 amide bonds. The van der Waals surface area contributed by atoms with Crippen LogP contribution in [0.25, 0.3) is 0 Å². The van der Waals surface area contributed by atoms with Crippen LogP contribution in [-0.2, 0) is 0 Å². The van der Waals surface area contributed by atoms with Gasteiger partial charge in [-0.1, -0.05) is 47.0 Å². The summed E-state index contributed by atoms with van der Waals surface area (Å²) in [6, 6.07) is 0. The molecule has 61 valence electrons. The first kappa shape index (κ1) is 10.0. The van der Waals surface area contributed by atoms with Crippen molar-refractivity contribution in [3.8, 4) is 0 Å². The van der Waals surface area contributed by atoms with Gasteiger partial charge in [0.05, 0.1) is 0 Å². The summed E-state index contributed by atoms with van der Waals surface area (Å²) in [5.41, 5.74) is 0. The molecular formula is C10H21. The Kier molecular flexibility index (Phi) is 5.76. The van der Waals surface area contributed by atoms with Gasteiger partial charge in [0.15, 0.2) is 0 Å². The van der Waals surface area contributed by atoms with Gasteiger partial charge in [0.1, 0.15) is 0 Å².